The van der Waals surface area contributed by atoms with E-state index in [2.05, 4.69) is 21.6 Å². The van der Waals surface area contributed by atoms with Crippen LogP contribution in [0.2, 0.25) is 0 Å². The van der Waals surface area contributed by atoms with Gasteiger partial charge in [0.2, 0.25) is 11.8 Å². The summed E-state index contributed by atoms with van der Waals surface area (Å²) in [6.45, 7) is 4.37. The number of aryl methyl sites for hydroxylation is 1. The molecule has 1 atom stereocenters. The van der Waals surface area contributed by atoms with Crippen LogP contribution in [0.25, 0.3) is 11.4 Å². The number of aromatic nitrogens is 3. The zero-order valence-corrected chi connectivity index (χ0v) is 20.3. The number of furan rings is 1. The molecular formula is C26H25N5O3S. The van der Waals surface area contributed by atoms with E-state index in [4.69, 9.17) is 4.42 Å². The van der Waals surface area contributed by atoms with Crippen LogP contribution in [-0.2, 0) is 16.1 Å². The summed E-state index contributed by atoms with van der Waals surface area (Å²) in [5, 5.41) is 12.4. The number of rotatable bonds is 6. The van der Waals surface area contributed by atoms with Crippen LogP contribution in [-0.4, -0.2) is 38.4 Å². The molecule has 1 aliphatic heterocycles. The van der Waals surface area contributed by atoms with Crippen molar-refractivity contribution in [3.8, 4) is 11.4 Å². The van der Waals surface area contributed by atoms with Crippen LogP contribution in [0.5, 0.6) is 0 Å². The van der Waals surface area contributed by atoms with Gasteiger partial charge in [0.05, 0.1) is 29.9 Å². The number of nitrogens with zero attached hydrogens (tertiary/aromatic N) is 4. The van der Waals surface area contributed by atoms with Crippen LogP contribution in [0.3, 0.4) is 0 Å². The summed E-state index contributed by atoms with van der Waals surface area (Å²) < 4.78 is 7.54. The third-order valence-corrected chi connectivity index (χ3v) is 6.79. The number of carbonyl (C=O) groups is 2. The van der Waals surface area contributed by atoms with Crippen LogP contribution >= 0.6 is 11.8 Å². The SMILES string of the molecule is Cc1cccc(-c2nnc(SCC(=O)N3c4ccccc4NC(=O)C[C@H]3C)n2Cc2ccco2)c1. The molecule has 2 aromatic heterocycles. The zero-order chi connectivity index (χ0) is 24.4. The van der Waals surface area contributed by atoms with E-state index in [1.807, 2.05) is 73.0 Å². The molecule has 0 bridgehead atoms. The van der Waals surface area contributed by atoms with Gasteiger partial charge < -0.3 is 14.6 Å². The molecule has 1 aliphatic rings. The van der Waals surface area contributed by atoms with E-state index in [-0.39, 0.29) is 30.0 Å². The normalized spacial score (nSPS) is 15.4. The minimum absolute atomic E-state index is 0.101. The fourth-order valence-electron chi connectivity index (χ4n) is 4.26. The summed E-state index contributed by atoms with van der Waals surface area (Å²) in [7, 11) is 0. The van der Waals surface area contributed by atoms with Gasteiger partial charge in [0.15, 0.2) is 11.0 Å². The smallest absolute Gasteiger partial charge is 0.237 e. The maximum Gasteiger partial charge on any atom is 0.237 e. The third kappa shape index (κ3) is 4.85. The number of hydrogen-bond acceptors (Lipinski definition) is 6. The highest BCUT2D eigenvalue weighted by molar-refractivity contribution is 7.99. The number of amides is 2. The van der Waals surface area contributed by atoms with E-state index in [9.17, 15) is 9.59 Å². The Hall–Kier alpha value is -3.85. The van der Waals surface area contributed by atoms with Crippen molar-refractivity contribution in [3.63, 3.8) is 0 Å². The molecule has 0 fully saturated rings. The Balaban J connectivity index is 1.42. The molecule has 8 nitrogen and oxygen atoms in total. The average molecular weight is 488 g/mol. The Morgan fingerprint density at radius 1 is 1.14 bits per heavy atom. The number of fused-ring (bicyclic) bond motifs is 1. The quantitative estimate of drug-likeness (QED) is 0.395. The molecule has 4 aromatic rings. The Kier molecular flexibility index (Phi) is 6.41. The largest absolute Gasteiger partial charge is 0.467 e. The Morgan fingerprint density at radius 3 is 2.80 bits per heavy atom. The molecule has 0 radical (unpaired) electrons. The minimum Gasteiger partial charge on any atom is -0.467 e. The number of nitrogens with one attached hydrogen (secondary N) is 1. The van der Waals surface area contributed by atoms with Gasteiger partial charge in [-0.25, -0.2) is 0 Å². The van der Waals surface area contributed by atoms with Crippen molar-refractivity contribution in [1.82, 2.24) is 14.8 Å². The van der Waals surface area contributed by atoms with E-state index in [0.717, 1.165) is 16.9 Å². The van der Waals surface area contributed by atoms with Gasteiger partial charge in [-0.1, -0.05) is 47.7 Å². The standard InChI is InChI=1S/C26H25N5O3S/c1-17-7-5-8-19(13-17)25-28-29-26(30(25)15-20-9-6-12-34-20)35-16-24(33)31-18(2)14-23(32)27-21-10-3-4-11-22(21)31/h3-13,18H,14-16H2,1-2H3,(H,27,32)/t18-/m1/s1. The molecule has 0 spiro atoms. The number of thioether (sulfide) groups is 1. The van der Waals surface area contributed by atoms with Crippen molar-refractivity contribution >= 4 is 35.0 Å². The maximum atomic E-state index is 13.4. The number of anilines is 2. The second-order valence-corrected chi connectivity index (χ2v) is 9.45. The van der Waals surface area contributed by atoms with Gasteiger partial charge in [0.1, 0.15) is 5.76 Å². The van der Waals surface area contributed by atoms with Crippen LogP contribution in [0.4, 0.5) is 11.4 Å². The predicted molar refractivity (Wildman–Crippen MR) is 135 cm³/mol. The molecule has 0 saturated heterocycles. The van der Waals surface area contributed by atoms with Crippen molar-refractivity contribution in [1.29, 1.82) is 0 Å². The molecule has 0 unspecified atom stereocenters. The van der Waals surface area contributed by atoms with Crippen molar-refractivity contribution < 1.29 is 14.0 Å². The highest BCUT2D eigenvalue weighted by Crippen LogP contribution is 2.33. The van der Waals surface area contributed by atoms with Gasteiger partial charge >= 0.3 is 0 Å². The fraction of sp³-hybridized carbons (Fsp3) is 0.231. The molecule has 5 rings (SSSR count). The second-order valence-electron chi connectivity index (χ2n) is 8.51. The lowest BCUT2D eigenvalue weighted by molar-refractivity contribution is -0.117. The van der Waals surface area contributed by atoms with Gasteiger partial charge in [-0.15, -0.1) is 10.2 Å². The number of carbonyl (C=O) groups excluding carboxylic acids is 2. The fourth-order valence-corrected chi connectivity index (χ4v) is 5.05. The van der Waals surface area contributed by atoms with Crippen molar-refractivity contribution in [3.05, 3.63) is 78.3 Å². The van der Waals surface area contributed by atoms with E-state index in [1.54, 1.807) is 11.2 Å². The summed E-state index contributed by atoms with van der Waals surface area (Å²) in [6.07, 6.45) is 1.87. The lowest BCUT2D eigenvalue weighted by atomic mass is 10.1. The molecule has 3 heterocycles. The first-order valence-corrected chi connectivity index (χ1v) is 12.3. The highest BCUT2D eigenvalue weighted by Gasteiger charge is 2.30. The molecule has 2 amide bonds. The van der Waals surface area contributed by atoms with Gasteiger partial charge in [0, 0.05) is 18.0 Å². The Bertz CT molecular complexity index is 1370. The molecular weight excluding hydrogens is 462 g/mol. The van der Waals surface area contributed by atoms with Gasteiger partial charge in [0.25, 0.3) is 0 Å². The van der Waals surface area contributed by atoms with Gasteiger partial charge in [-0.3, -0.25) is 14.2 Å². The molecule has 35 heavy (non-hydrogen) atoms. The lowest BCUT2D eigenvalue weighted by Crippen LogP contribution is -2.40. The minimum atomic E-state index is -0.268. The Morgan fingerprint density at radius 2 is 2.00 bits per heavy atom. The van der Waals surface area contributed by atoms with E-state index < -0.39 is 0 Å². The molecule has 0 aliphatic carbocycles. The molecule has 178 valence electrons. The molecule has 9 heteroatoms. The summed E-state index contributed by atoms with van der Waals surface area (Å²) in [6, 6.07) is 18.9. The van der Waals surface area contributed by atoms with Crippen molar-refractivity contribution in [2.24, 2.45) is 0 Å². The predicted octanol–water partition coefficient (Wildman–Crippen LogP) is 4.75. The van der Waals surface area contributed by atoms with Crippen molar-refractivity contribution in [2.75, 3.05) is 16.0 Å². The number of benzene rings is 2. The summed E-state index contributed by atoms with van der Waals surface area (Å²) >= 11 is 1.33. The van der Waals surface area contributed by atoms with Crippen LogP contribution in [0, 0.1) is 6.92 Å². The first-order chi connectivity index (χ1) is 17.0. The second kappa shape index (κ2) is 9.79. The first-order valence-electron chi connectivity index (χ1n) is 11.4. The first kappa shape index (κ1) is 22.9. The molecule has 1 N–H and O–H groups in total. The monoisotopic (exact) mass is 487 g/mol. The van der Waals surface area contributed by atoms with E-state index in [0.29, 0.717) is 28.9 Å². The third-order valence-electron chi connectivity index (χ3n) is 5.84. The summed E-state index contributed by atoms with van der Waals surface area (Å²) in [5.74, 6) is 1.43. The average Bonchev–Trinajstić information content (AvgIpc) is 3.46. The van der Waals surface area contributed by atoms with Crippen LogP contribution in [0.15, 0.2) is 76.5 Å². The zero-order valence-electron chi connectivity index (χ0n) is 19.5. The van der Waals surface area contributed by atoms with E-state index >= 15 is 0 Å². The highest BCUT2D eigenvalue weighted by atomic mass is 32.2. The topological polar surface area (TPSA) is 93.3 Å². The van der Waals surface area contributed by atoms with Crippen molar-refractivity contribution in [2.45, 2.75) is 38.0 Å². The Labute approximate surface area is 207 Å². The van der Waals surface area contributed by atoms with Crippen LogP contribution in [0.1, 0.15) is 24.7 Å². The van der Waals surface area contributed by atoms with Gasteiger partial charge in [-0.2, -0.15) is 0 Å². The maximum absolute atomic E-state index is 13.4. The van der Waals surface area contributed by atoms with Gasteiger partial charge in [-0.05, 0) is 44.2 Å². The molecule has 0 saturated carbocycles. The van der Waals surface area contributed by atoms with Crippen LogP contribution < -0.4 is 10.2 Å². The summed E-state index contributed by atoms with van der Waals surface area (Å²) in [4.78, 5) is 27.4. The lowest BCUT2D eigenvalue weighted by Gasteiger charge is -2.27. The number of para-hydroxylation sites is 2. The summed E-state index contributed by atoms with van der Waals surface area (Å²) in [5.41, 5.74) is 3.41. The number of hydrogen-bond donors (Lipinski definition) is 1. The molecule has 2 aromatic carbocycles. The van der Waals surface area contributed by atoms with E-state index in [1.165, 1.54) is 11.8 Å².